The first kappa shape index (κ1) is 13.4. The molecule has 0 aliphatic carbocycles. The van der Waals surface area contributed by atoms with Crippen molar-refractivity contribution < 1.29 is 4.79 Å². The smallest absolute Gasteiger partial charge is 0.265 e. The molecule has 0 atom stereocenters. The highest BCUT2D eigenvalue weighted by molar-refractivity contribution is 7.80. The highest BCUT2D eigenvalue weighted by Gasteiger charge is 2.26. The molecule has 1 aliphatic heterocycles. The normalized spacial score (nSPS) is 16.9. The number of carbonyl (C=O) groups excluding carboxylic acids is 1. The van der Waals surface area contributed by atoms with Gasteiger partial charge in [0.05, 0.1) is 15.7 Å². The van der Waals surface area contributed by atoms with Crippen LogP contribution < -0.4 is 5.73 Å². The summed E-state index contributed by atoms with van der Waals surface area (Å²) in [5.41, 5.74) is 6.48. The van der Waals surface area contributed by atoms with Crippen molar-refractivity contribution in [3.8, 4) is 0 Å². The van der Waals surface area contributed by atoms with Crippen molar-refractivity contribution in [1.82, 2.24) is 9.88 Å². The number of thiazole rings is 1. The van der Waals surface area contributed by atoms with E-state index in [1.165, 1.54) is 11.3 Å². The van der Waals surface area contributed by atoms with E-state index in [2.05, 4.69) is 4.98 Å². The third-order valence-electron chi connectivity index (χ3n) is 3.28. The van der Waals surface area contributed by atoms with E-state index in [-0.39, 0.29) is 11.8 Å². The summed E-state index contributed by atoms with van der Waals surface area (Å²) in [6, 6.07) is 0. The summed E-state index contributed by atoms with van der Waals surface area (Å²) < 4.78 is 0. The van der Waals surface area contributed by atoms with Crippen molar-refractivity contribution in [2.24, 2.45) is 11.7 Å². The average molecular weight is 283 g/mol. The molecule has 6 heteroatoms. The molecule has 1 amide bonds. The van der Waals surface area contributed by atoms with E-state index in [0.717, 1.165) is 41.5 Å². The molecule has 0 saturated carbocycles. The minimum atomic E-state index is 0.0967. The summed E-state index contributed by atoms with van der Waals surface area (Å²) in [6.07, 6.45) is 1.75. The van der Waals surface area contributed by atoms with Gasteiger partial charge in [-0.2, -0.15) is 0 Å². The van der Waals surface area contributed by atoms with Crippen LogP contribution in [0.1, 0.15) is 33.2 Å². The van der Waals surface area contributed by atoms with Crippen molar-refractivity contribution in [2.75, 3.05) is 13.1 Å². The third-order valence-corrected chi connectivity index (χ3v) is 4.68. The van der Waals surface area contributed by atoms with Gasteiger partial charge in [0.1, 0.15) is 4.88 Å². The molecule has 2 rings (SSSR count). The lowest BCUT2D eigenvalue weighted by molar-refractivity contribution is 0.0714. The maximum Gasteiger partial charge on any atom is 0.265 e. The second-order valence-corrected chi connectivity index (χ2v) is 6.29. The van der Waals surface area contributed by atoms with Crippen molar-refractivity contribution in [3.63, 3.8) is 0 Å². The molecule has 1 aromatic heterocycles. The zero-order valence-electron chi connectivity index (χ0n) is 10.6. The predicted molar refractivity (Wildman–Crippen MR) is 77.0 cm³/mol. The Labute approximate surface area is 116 Å². The lowest BCUT2D eigenvalue weighted by atomic mass is 9.97. The van der Waals surface area contributed by atoms with Crippen LogP contribution in [0, 0.1) is 19.8 Å². The number of rotatable bonds is 2. The molecule has 0 radical (unpaired) electrons. The highest BCUT2D eigenvalue weighted by Crippen LogP contribution is 2.23. The van der Waals surface area contributed by atoms with Gasteiger partial charge in [0.15, 0.2) is 0 Å². The number of thiocarbonyl (C=S) groups is 1. The standard InChI is InChI=1S/C12H17N3OS2/c1-7-10(18-8(2)14-7)12(16)15-5-3-9(4-6-15)11(13)17/h9H,3-6H2,1-2H3,(H2,13,17). The van der Waals surface area contributed by atoms with E-state index in [0.29, 0.717) is 4.99 Å². The van der Waals surface area contributed by atoms with Crippen LogP contribution in [-0.4, -0.2) is 33.9 Å². The Morgan fingerprint density at radius 1 is 1.44 bits per heavy atom. The predicted octanol–water partition coefficient (Wildman–Crippen LogP) is 1.90. The van der Waals surface area contributed by atoms with Gasteiger partial charge in [-0.1, -0.05) is 12.2 Å². The van der Waals surface area contributed by atoms with Gasteiger partial charge < -0.3 is 10.6 Å². The van der Waals surface area contributed by atoms with Gasteiger partial charge in [0, 0.05) is 19.0 Å². The number of amides is 1. The SMILES string of the molecule is Cc1nc(C)c(C(=O)N2CCC(C(N)=S)CC2)s1. The fraction of sp³-hybridized carbons (Fsp3) is 0.583. The molecular weight excluding hydrogens is 266 g/mol. The van der Waals surface area contributed by atoms with Gasteiger partial charge in [-0.3, -0.25) is 4.79 Å². The first-order chi connectivity index (χ1) is 8.49. The largest absolute Gasteiger partial charge is 0.393 e. The molecule has 2 heterocycles. The number of piperidine rings is 1. The number of aryl methyl sites for hydroxylation is 2. The number of nitrogens with two attached hydrogens (primary N) is 1. The number of carbonyl (C=O) groups is 1. The molecular formula is C12H17N3OS2. The van der Waals surface area contributed by atoms with Crippen LogP contribution in [0.25, 0.3) is 0 Å². The van der Waals surface area contributed by atoms with Crippen molar-refractivity contribution in [1.29, 1.82) is 0 Å². The molecule has 0 unspecified atom stereocenters. The Hall–Kier alpha value is -1.01. The highest BCUT2D eigenvalue weighted by atomic mass is 32.1. The lowest BCUT2D eigenvalue weighted by Crippen LogP contribution is -2.41. The topological polar surface area (TPSA) is 59.2 Å². The van der Waals surface area contributed by atoms with Crippen LogP contribution in [-0.2, 0) is 0 Å². The summed E-state index contributed by atoms with van der Waals surface area (Å²) in [7, 11) is 0. The van der Waals surface area contributed by atoms with E-state index in [1.807, 2.05) is 18.7 Å². The summed E-state index contributed by atoms with van der Waals surface area (Å²) in [6.45, 7) is 5.28. The maximum atomic E-state index is 12.3. The molecule has 0 bridgehead atoms. The van der Waals surface area contributed by atoms with Gasteiger partial charge in [0.2, 0.25) is 0 Å². The Morgan fingerprint density at radius 2 is 2.06 bits per heavy atom. The van der Waals surface area contributed by atoms with Crippen LogP contribution in [0.3, 0.4) is 0 Å². The molecule has 98 valence electrons. The molecule has 2 N–H and O–H groups in total. The van der Waals surface area contributed by atoms with E-state index < -0.39 is 0 Å². The van der Waals surface area contributed by atoms with Gasteiger partial charge in [0.25, 0.3) is 5.91 Å². The van der Waals surface area contributed by atoms with Crippen LogP contribution in [0.2, 0.25) is 0 Å². The zero-order valence-corrected chi connectivity index (χ0v) is 12.2. The number of nitrogens with zero attached hydrogens (tertiary/aromatic N) is 2. The van der Waals surface area contributed by atoms with Crippen molar-refractivity contribution in [2.45, 2.75) is 26.7 Å². The maximum absolute atomic E-state index is 12.3. The third kappa shape index (κ3) is 2.70. The van der Waals surface area contributed by atoms with Gasteiger partial charge >= 0.3 is 0 Å². The zero-order chi connectivity index (χ0) is 13.3. The van der Waals surface area contributed by atoms with Crippen LogP contribution >= 0.6 is 23.6 Å². The fourth-order valence-corrected chi connectivity index (χ4v) is 3.36. The van der Waals surface area contributed by atoms with Crippen molar-refractivity contribution >= 4 is 34.5 Å². The Bertz CT molecular complexity index is 476. The summed E-state index contributed by atoms with van der Waals surface area (Å²) in [4.78, 5) is 19.9. The number of likely N-dealkylation sites (tertiary alicyclic amines) is 1. The molecule has 1 fully saturated rings. The molecule has 0 aromatic carbocycles. The summed E-state index contributed by atoms with van der Waals surface area (Å²) in [5, 5.41) is 0.939. The Balaban J connectivity index is 2.04. The molecule has 18 heavy (non-hydrogen) atoms. The Morgan fingerprint density at radius 3 is 2.50 bits per heavy atom. The lowest BCUT2D eigenvalue weighted by Gasteiger charge is -2.31. The van der Waals surface area contributed by atoms with Gasteiger partial charge in [-0.05, 0) is 26.7 Å². The average Bonchev–Trinajstić information content (AvgIpc) is 2.67. The minimum absolute atomic E-state index is 0.0967. The Kier molecular flexibility index (Phi) is 3.97. The van der Waals surface area contributed by atoms with Gasteiger partial charge in [-0.15, -0.1) is 11.3 Å². The molecule has 4 nitrogen and oxygen atoms in total. The number of hydrogen-bond acceptors (Lipinski definition) is 4. The van der Waals surface area contributed by atoms with E-state index in [4.69, 9.17) is 18.0 Å². The van der Waals surface area contributed by atoms with Crippen LogP contribution in [0.4, 0.5) is 0 Å². The van der Waals surface area contributed by atoms with E-state index >= 15 is 0 Å². The second-order valence-electron chi connectivity index (χ2n) is 4.62. The summed E-state index contributed by atoms with van der Waals surface area (Å²) >= 11 is 6.47. The van der Waals surface area contributed by atoms with Crippen LogP contribution in [0.5, 0.6) is 0 Å². The monoisotopic (exact) mass is 283 g/mol. The second kappa shape index (κ2) is 5.32. The van der Waals surface area contributed by atoms with E-state index in [1.54, 1.807) is 0 Å². The number of aromatic nitrogens is 1. The van der Waals surface area contributed by atoms with E-state index in [9.17, 15) is 4.79 Å². The fourth-order valence-electron chi connectivity index (χ4n) is 2.24. The molecule has 1 saturated heterocycles. The first-order valence-electron chi connectivity index (χ1n) is 6.01. The molecule has 1 aliphatic rings. The van der Waals surface area contributed by atoms with Gasteiger partial charge in [-0.25, -0.2) is 4.98 Å². The first-order valence-corrected chi connectivity index (χ1v) is 7.24. The van der Waals surface area contributed by atoms with Crippen molar-refractivity contribution in [3.05, 3.63) is 15.6 Å². The minimum Gasteiger partial charge on any atom is -0.393 e. The van der Waals surface area contributed by atoms with Crippen LogP contribution in [0.15, 0.2) is 0 Å². The number of hydrogen-bond donors (Lipinski definition) is 1. The quantitative estimate of drug-likeness (QED) is 0.842. The summed E-state index contributed by atoms with van der Waals surface area (Å²) in [5.74, 6) is 0.382. The molecule has 1 aromatic rings. The molecule has 0 spiro atoms.